The summed E-state index contributed by atoms with van der Waals surface area (Å²) in [7, 11) is 0. The number of likely N-dealkylation sites (tertiary alicyclic amines) is 1. The van der Waals surface area contributed by atoms with Crippen molar-refractivity contribution in [2.24, 2.45) is 5.73 Å². The van der Waals surface area contributed by atoms with E-state index in [-0.39, 0.29) is 12.8 Å². The van der Waals surface area contributed by atoms with Crippen LogP contribution in [-0.4, -0.2) is 80.6 Å². The standard InChI is InChI=1S/C34H57N7O5/c1-2-3-4-5-6-7-8-9-10-11-12-13-14-15-16-17-20-41-30(42)23-27(39-34(41)46)32(44)38-28(22-26-24-36-25-37-26)33(45)40-21-18-19-29(40)31(35)43/h24-25,27-29H,2-23H2,1H3,(H2,35,43)(H,36,37)(H,38,44)(H,39,46)/t27-,28+,29+/m0/s1. The molecule has 0 saturated carbocycles. The Kier molecular flexibility index (Phi) is 16.6. The predicted molar refractivity (Wildman–Crippen MR) is 176 cm³/mol. The van der Waals surface area contributed by atoms with Crippen LogP contribution in [0.5, 0.6) is 0 Å². The zero-order chi connectivity index (χ0) is 33.1. The molecule has 0 spiro atoms. The maximum atomic E-state index is 13.4. The van der Waals surface area contributed by atoms with Gasteiger partial charge >= 0.3 is 6.03 Å². The number of aromatic nitrogens is 2. The van der Waals surface area contributed by atoms with Crippen molar-refractivity contribution >= 4 is 29.7 Å². The third-order valence-electron chi connectivity index (χ3n) is 9.23. The summed E-state index contributed by atoms with van der Waals surface area (Å²) in [5.74, 6) is -2.07. The number of imidazole rings is 1. The summed E-state index contributed by atoms with van der Waals surface area (Å²) in [4.78, 5) is 73.6. The van der Waals surface area contributed by atoms with Crippen molar-refractivity contribution in [2.45, 2.75) is 153 Å². The molecule has 0 aliphatic carbocycles. The molecule has 2 fully saturated rings. The van der Waals surface area contributed by atoms with Crippen molar-refractivity contribution in [1.29, 1.82) is 0 Å². The summed E-state index contributed by atoms with van der Waals surface area (Å²) in [5, 5.41) is 5.34. The van der Waals surface area contributed by atoms with E-state index < -0.39 is 47.8 Å². The van der Waals surface area contributed by atoms with E-state index in [0.29, 0.717) is 31.6 Å². The van der Waals surface area contributed by atoms with Gasteiger partial charge in [0.05, 0.1) is 12.7 Å². The number of nitrogens with zero attached hydrogens (tertiary/aromatic N) is 3. The Hall–Kier alpha value is -3.44. The first kappa shape index (κ1) is 37.0. The minimum Gasteiger partial charge on any atom is -0.368 e. The van der Waals surface area contributed by atoms with Crippen LogP contribution < -0.4 is 16.4 Å². The second kappa shape index (κ2) is 20.6. The van der Waals surface area contributed by atoms with Crippen molar-refractivity contribution < 1.29 is 24.0 Å². The van der Waals surface area contributed by atoms with Crippen LogP contribution >= 0.6 is 0 Å². The smallest absolute Gasteiger partial charge is 0.324 e. The number of aromatic amines is 1. The first-order chi connectivity index (χ1) is 22.3. The number of imide groups is 1. The Bertz CT molecular complexity index is 1080. The van der Waals surface area contributed by atoms with Gasteiger partial charge in [-0.3, -0.25) is 24.1 Å². The largest absolute Gasteiger partial charge is 0.368 e. The molecule has 0 unspecified atom stereocenters. The molecule has 258 valence electrons. The Balaban J connectivity index is 1.32. The molecule has 0 radical (unpaired) electrons. The van der Waals surface area contributed by atoms with Gasteiger partial charge in [-0.15, -0.1) is 0 Å². The van der Waals surface area contributed by atoms with E-state index in [2.05, 4.69) is 27.5 Å². The van der Waals surface area contributed by atoms with E-state index in [1.54, 1.807) is 6.20 Å². The highest BCUT2D eigenvalue weighted by Crippen LogP contribution is 2.20. The molecule has 12 nitrogen and oxygen atoms in total. The number of urea groups is 1. The van der Waals surface area contributed by atoms with E-state index >= 15 is 0 Å². The number of nitrogens with one attached hydrogen (secondary N) is 3. The fourth-order valence-electron chi connectivity index (χ4n) is 6.49. The molecule has 3 heterocycles. The van der Waals surface area contributed by atoms with E-state index in [9.17, 15) is 24.0 Å². The van der Waals surface area contributed by atoms with Crippen LogP contribution in [0.1, 0.15) is 135 Å². The lowest BCUT2D eigenvalue weighted by Crippen LogP contribution is -2.62. The predicted octanol–water partition coefficient (Wildman–Crippen LogP) is 4.49. The molecule has 0 aromatic carbocycles. The molecule has 2 aliphatic heterocycles. The Morgan fingerprint density at radius 3 is 2.04 bits per heavy atom. The summed E-state index contributed by atoms with van der Waals surface area (Å²) in [6, 6.07) is -3.45. The molecule has 2 saturated heterocycles. The topological polar surface area (TPSA) is 171 Å². The van der Waals surface area contributed by atoms with Crippen LogP contribution in [0.4, 0.5) is 4.79 Å². The van der Waals surface area contributed by atoms with Gasteiger partial charge in [-0.05, 0) is 19.3 Å². The molecule has 1 aromatic rings. The van der Waals surface area contributed by atoms with Gasteiger partial charge < -0.3 is 26.3 Å². The molecule has 3 atom stereocenters. The second-order valence-electron chi connectivity index (χ2n) is 13.0. The summed E-state index contributed by atoms with van der Waals surface area (Å²) in [6.07, 6.45) is 24.0. The highest BCUT2D eigenvalue weighted by molar-refractivity contribution is 6.03. The van der Waals surface area contributed by atoms with Gasteiger partial charge in [0.2, 0.25) is 23.6 Å². The van der Waals surface area contributed by atoms with Crippen molar-refractivity contribution in [3.05, 3.63) is 18.2 Å². The molecular weight excluding hydrogens is 586 g/mol. The SMILES string of the molecule is CCCCCCCCCCCCCCCCCCN1C(=O)C[C@@H](C(=O)N[C@H](Cc2cnc[nH]2)C(=O)N2CCC[C@@H]2C(N)=O)NC1=O. The number of hydrogen-bond donors (Lipinski definition) is 4. The number of amides is 6. The van der Waals surface area contributed by atoms with E-state index in [1.807, 2.05) is 0 Å². The number of rotatable bonds is 23. The third kappa shape index (κ3) is 12.4. The maximum absolute atomic E-state index is 13.4. The molecule has 12 heteroatoms. The van der Waals surface area contributed by atoms with Crippen molar-refractivity contribution in [1.82, 2.24) is 30.4 Å². The number of primary amides is 1. The van der Waals surface area contributed by atoms with Crippen LogP contribution in [0.15, 0.2) is 12.5 Å². The Labute approximate surface area is 274 Å². The lowest BCUT2D eigenvalue weighted by molar-refractivity contribution is -0.141. The van der Waals surface area contributed by atoms with Crippen LogP contribution in [0, 0.1) is 0 Å². The van der Waals surface area contributed by atoms with Crippen molar-refractivity contribution in [3.8, 4) is 0 Å². The molecule has 0 bridgehead atoms. The van der Waals surface area contributed by atoms with Crippen LogP contribution in [-0.2, 0) is 25.6 Å². The number of carbonyl (C=O) groups excluding carboxylic acids is 5. The lowest BCUT2D eigenvalue weighted by Gasteiger charge is -2.32. The van der Waals surface area contributed by atoms with Gasteiger partial charge in [-0.25, -0.2) is 9.78 Å². The number of nitrogens with two attached hydrogens (primary N) is 1. The van der Waals surface area contributed by atoms with Crippen LogP contribution in [0.2, 0.25) is 0 Å². The summed E-state index contributed by atoms with van der Waals surface area (Å²) in [5.41, 5.74) is 6.12. The van der Waals surface area contributed by atoms with Crippen molar-refractivity contribution in [2.75, 3.05) is 13.1 Å². The van der Waals surface area contributed by atoms with E-state index in [0.717, 1.165) is 25.7 Å². The minimum atomic E-state index is -1.09. The normalized spacial score (nSPS) is 18.9. The van der Waals surface area contributed by atoms with Crippen molar-refractivity contribution in [3.63, 3.8) is 0 Å². The molecule has 5 N–H and O–H groups in total. The number of H-pyrrole nitrogens is 1. The van der Waals surface area contributed by atoms with Gasteiger partial charge in [0.25, 0.3) is 0 Å². The highest BCUT2D eigenvalue weighted by atomic mass is 16.2. The Morgan fingerprint density at radius 1 is 0.935 bits per heavy atom. The van der Waals surface area contributed by atoms with E-state index in [1.165, 1.54) is 93.2 Å². The first-order valence-electron chi connectivity index (χ1n) is 17.8. The number of hydrogen-bond acceptors (Lipinski definition) is 6. The fraction of sp³-hybridized carbons (Fsp3) is 0.765. The average Bonchev–Trinajstić information content (AvgIpc) is 3.74. The quantitative estimate of drug-likeness (QED) is 0.128. The average molecular weight is 644 g/mol. The summed E-state index contributed by atoms with van der Waals surface area (Å²) >= 11 is 0. The summed E-state index contributed by atoms with van der Waals surface area (Å²) < 4.78 is 0. The molecular formula is C34H57N7O5. The molecule has 2 aliphatic rings. The molecule has 3 rings (SSSR count). The highest BCUT2D eigenvalue weighted by Gasteiger charge is 2.40. The number of unbranched alkanes of at least 4 members (excludes halogenated alkanes) is 15. The second-order valence-corrected chi connectivity index (χ2v) is 13.0. The number of carbonyl (C=O) groups is 5. The molecule has 6 amide bonds. The first-order valence-corrected chi connectivity index (χ1v) is 17.8. The van der Waals surface area contributed by atoms with Gasteiger partial charge in [0.15, 0.2) is 0 Å². The zero-order valence-corrected chi connectivity index (χ0v) is 27.9. The lowest BCUT2D eigenvalue weighted by atomic mass is 10.0. The molecule has 1 aromatic heterocycles. The fourth-order valence-corrected chi connectivity index (χ4v) is 6.49. The third-order valence-corrected chi connectivity index (χ3v) is 9.23. The van der Waals surface area contributed by atoms with Crippen LogP contribution in [0.3, 0.4) is 0 Å². The van der Waals surface area contributed by atoms with E-state index in [4.69, 9.17) is 5.73 Å². The summed E-state index contributed by atoms with van der Waals surface area (Å²) in [6.45, 7) is 2.93. The van der Waals surface area contributed by atoms with Crippen LogP contribution in [0.25, 0.3) is 0 Å². The van der Waals surface area contributed by atoms with Gasteiger partial charge in [0.1, 0.15) is 18.1 Å². The van der Waals surface area contributed by atoms with Gasteiger partial charge in [-0.1, -0.05) is 103 Å². The monoisotopic (exact) mass is 643 g/mol. The molecule has 46 heavy (non-hydrogen) atoms. The minimum absolute atomic E-state index is 0.104. The zero-order valence-electron chi connectivity index (χ0n) is 27.9. The Morgan fingerprint density at radius 2 is 1.52 bits per heavy atom. The van der Waals surface area contributed by atoms with Gasteiger partial charge in [-0.2, -0.15) is 0 Å². The maximum Gasteiger partial charge on any atom is 0.324 e. The van der Waals surface area contributed by atoms with Gasteiger partial charge in [0, 0.05) is 31.4 Å².